The molecule has 3 nitrogen and oxygen atoms in total. The molecule has 0 fully saturated rings. The summed E-state index contributed by atoms with van der Waals surface area (Å²) in [6.07, 6.45) is 0. The maximum Gasteiger partial charge on any atom is 0.345 e. The number of carbonyl (C=O) groups excluding carboxylic acids is 1. The maximum absolute atomic E-state index is 13.6. The fraction of sp³-hybridized carbons (Fsp3) is 0.222. The minimum absolute atomic E-state index is 0.131. The lowest BCUT2D eigenvalue weighted by molar-refractivity contribution is -0.159. The van der Waals surface area contributed by atoms with Gasteiger partial charge in [-0.25, -0.2) is 9.18 Å². The molecule has 1 unspecified atom stereocenters. The molecule has 0 bridgehead atoms. The van der Waals surface area contributed by atoms with Gasteiger partial charge in [-0.2, -0.15) is 0 Å². The van der Waals surface area contributed by atoms with Crippen LogP contribution in [-0.2, 0) is 15.1 Å². The Hall–Kier alpha value is -2.70. The zero-order chi connectivity index (χ0) is 23.8. The third kappa shape index (κ3) is 5.12. The molecular formula is C27H25BrFO3S+. The summed E-state index contributed by atoms with van der Waals surface area (Å²) in [5.41, 5.74) is 1.56. The second-order valence-electron chi connectivity index (χ2n) is 8.49. The van der Waals surface area contributed by atoms with Crippen molar-refractivity contribution in [2.45, 2.75) is 33.3 Å². The number of ether oxygens (including phenoxy) is 2. The van der Waals surface area contributed by atoms with E-state index < -0.39 is 11.6 Å². The SMILES string of the molecule is Cc1cc(-[s+]2ccc3cc(Br)ccc32)cc(C)c1OCC(=O)OC(C)(C)c1cccc(F)c1. The molecule has 6 heteroatoms. The van der Waals surface area contributed by atoms with E-state index in [1.807, 2.05) is 13.8 Å². The van der Waals surface area contributed by atoms with Crippen molar-refractivity contribution in [3.63, 3.8) is 0 Å². The van der Waals surface area contributed by atoms with Gasteiger partial charge in [0.1, 0.15) is 22.5 Å². The summed E-state index contributed by atoms with van der Waals surface area (Å²) in [6.45, 7) is 7.22. The van der Waals surface area contributed by atoms with Crippen LogP contribution < -0.4 is 4.74 Å². The highest BCUT2D eigenvalue weighted by Crippen LogP contribution is 2.42. The van der Waals surface area contributed by atoms with Crippen LogP contribution in [0.5, 0.6) is 5.75 Å². The monoisotopic (exact) mass is 527 g/mol. The Kier molecular flexibility index (Phi) is 6.59. The van der Waals surface area contributed by atoms with Crippen LogP contribution in [0.2, 0.25) is 0 Å². The van der Waals surface area contributed by atoms with Gasteiger partial charge in [0.2, 0.25) is 0 Å². The van der Waals surface area contributed by atoms with Gasteiger partial charge in [0.25, 0.3) is 0 Å². The summed E-state index contributed by atoms with van der Waals surface area (Å²) in [5.74, 6) is -0.193. The van der Waals surface area contributed by atoms with E-state index in [0.29, 0.717) is 11.3 Å². The van der Waals surface area contributed by atoms with E-state index in [1.54, 1.807) is 26.0 Å². The van der Waals surface area contributed by atoms with Crippen molar-refractivity contribution in [3.8, 4) is 10.6 Å². The second-order valence-corrected chi connectivity index (χ2v) is 11.3. The topological polar surface area (TPSA) is 35.5 Å². The summed E-state index contributed by atoms with van der Waals surface area (Å²) in [6, 6.07) is 18.8. The molecule has 4 aromatic rings. The fourth-order valence-corrected chi connectivity index (χ4v) is 6.32. The first-order valence-corrected chi connectivity index (χ1v) is 12.6. The molecule has 0 N–H and O–H groups in total. The van der Waals surface area contributed by atoms with Crippen LogP contribution in [-0.4, -0.2) is 12.6 Å². The van der Waals surface area contributed by atoms with Crippen molar-refractivity contribution in [1.29, 1.82) is 0 Å². The molecule has 0 saturated heterocycles. The molecule has 0 aliphatic rings. The van der Waals surface area contributed by atoms with Crippen LogP contribution in [0.3, 0.4) is 0 Å². The molecule has 0 radical (unpaired) electrons. The van der Waals surface area contributed by atoms with Gasteiger partial charge in [0.15, 0.2) is 16.2 Å². The smallest absolute Gasteiger partial charge is 0.345 e. The van der Waals surface area contributed by atoms with Gasteiger partial charge in [-0.05, 0) is 74.7 Å². The Bertz CT molecular complexity index is 1320. The summed E-state index contributed by atoms with van der Waals surface area (Å²) in [4.78, 5) is 13.7. The number of fused-ring (bicyclic) bond motifs is 1. The average Bonchev–Trinajstić information content (AvgIpc) is 3.15. The number of hydrogen-bond acceptors (Lipinski definition) is 3. The molecule has 0 aliphatic carbocycles. The van der Waals surface area contributed by atoms with Crippen molar-refractivity contribution in [2.24, 2.45) is 0 Å². The van der Waals surface area contributed by atoms with E-state index in [2.05, 4.69) is 57.7 Å². The van der Waals surface area contributed by atoms with Crippen molar-refractivity contribution < 1.29 is 18.7 Å². The average molecular weight is 528 g/mol. The van der Waals surface area contributed by atoms with Gasteiger partial charge in [0.05, 0.1) is 0 Å². The molecule has 0 saturated carbocycles. The number of benzene rings is 3. The van der Waals surface area contributed by atoms with Gasteiger partial charge in [-0.3, -0.25) is 0 Å². The normalized spacial score (nSPS) is 12.1. The van der Waals surface area contributed by atoms with Crippen LogP contribution in [0.25, 0.3) is 15.0 Å². The van der Waals surface area contributed by atoms with E-state index in [1.165, 1.54) is 27.1 Å². The van der Waals surface area contributed by atoms with Crippen LogP contribution in [0.4, 0.5) is 4.39 Å². The lowest BCUT2D eigenvalue weighted by Crippen LogP contribution is -2.28. The van der Waals surface area contributed by atoms with Crippen molar-refractivity contribution >= 4 is 42.5 Å². The lowest BCUT2D eigenvalue weighted by Gasteiger charge is -2.26. The Morgan fingerprint density at radius 3 is 2.45 bits per heavy atom. The molecule has 0 aliphatic heterocycles. The summed E-state index contributed by atoms with van der Waals surface area (Å²) >= 11 is 3.54. The molecule has 1 heterocycles. The number of hydrogen-bond donors (Lipinski definition) is 0. The van der Waals surface area contributed by atoms with Crippen molar-refractivity contribution in [1.82, 2.24) is 0 Å². The summed E-state index contributed by atoms with van der Waals surface area (Å²) in [5, 5.41) is 3.46. The largest absolute Gasteiger partial charge is 0.481 e. The Balaban J connectivity index is 1.49. The number of carbonyl (C=O) groups is 1. The molecule has 170 valence electrons. The third-order valence-electron chi connectivity index (χ3n) is 5.50. The van der Waals surface area contributed by atoms with Crippen molar-refractivity contribution in [2.75, 3.05) is 6.61 Å². The standard InChI is InChI=1S/C27H25BrFO3S/c1-17-12-23(33-11-10-19-14-21(28)8-9-24(19)33)13-18(2)26(17)31-16-25(30)32-27(3,4)20-6-5-7-22(29)15-20/h5-15H,16H2,1-4H3/q+1. The highest BCUT2D eigenvalue weighted by Gasteiger charge is 2.26. The van der Waals surface area contributed by atoms with Gasteiger partial charge in [-0.15, -0.1) is 0 Å². The number of thiophene rings is 1. The van der Waals surface area contributed by atoms with E-state index in [4.69, 9.17) is 9.47 Å². The Labute approximate surface area is 204 Å². The first-order chi connectivity index (χ1) is 15.6. The van der Waals surface area contributed by atoms with Crippen LogP contribution in [0, 0.1) is 19.7 Å². The number of halogens is 2. The highest BCUT2D eigenvalue weighted by molar-refractivity contribution is 9.10. The minimum Gasteiger partial charge on any atom is -0.481 e. The Morgan fingerprint density at radius 1 is 1.03 bits per heavy atom. The first kappa shape index (κ1) is 23.5. The van der Waals surface area contributed by atoms with E-state index in [9.17, 15) is 9.18 Å². The highest BCUT2D eigenvalue weighted by atomic mass is 79.9. The molecule has 0 amide bonds. The second kappa shape index (κ2) is 9.27. The first-order valence-electron chi connectivity index (χ1n) is 10.6. The molecule has 1 aromatic heterocycles. The quantitative estimate of drug-likeness (QED) is 0.188. The van der Waals surface area contributed by atoms with E-state index >= 15 is 0 Å². The Morgan fingerprint density at radius 2 is 1.76 bits per heavy atom. The fourth-order valence-electron chi connectivity index (χ4n) is 3.90. The molecular weight excluding hydrogens is 503 g/mol. The van der Waals surface area contributed by atoms with Crippen LogP contribution >= 0.6 is 26.4 Å². The minimum atomic E-state index is -0.963. The lowest BCUT2D eigenvalue weighted by atomic mass is 9.98. The van der Waals surface area contributed by atoms with Gasteiger partial charge >= 0.3 is 5.97 Å². The molecule has 0 spiro atoms. The predicted molar refractivity (Wildman–Crippen MR) is 136 cm³/mol. The zero-order valence-electron chi connectivity index (χ0n) is 18.9. The number of aryl methyl sites for hydroxylation is 2. The summed E-state index contributed by atoms with van der Waals surface area (Å²) < 4.78 is 27.4. The molecule has 4 rings (SSSR count). The van der Waals surface area contributed by atoms with Gasteiger partial charge in [0, 0.05) is 38.5 Å². The third-order valence-corrected chi connectivity index (χ3v) is 7.99. The van der Waals surface area contributed by atoms with E-state index in [0.717, 1.165) is 15.6 Å². The maximum atomic E-state index is 13.6. The molecule has 3 aromatic carbocycles. The van der Waals surface area contributed by atoms with Gasteiger partial charge in [-0.1, -0.05) is 28.1 Å². The van der Waals surface area contributed by atoms with Gasteiger partial charge < -0.3 is 9.47 Å². The predicted octanol–water partition coefficient (Wildman–Crippen LogP) is 7.95. The summed E-state index contributed by atoms with van der Waals surface area (Å²) in [7, 11) is -0.131. The zero-order valence-corrected chi connectivity index (χ0v) is 21.3. The molecule has 1 atom stereocenters. The van der Waals surface area contributed by atoms with Crippen LogP contribution in [0.15, 0.2) is 70.5 Å². The van der Waals surface area contributed by atoms with E-state index in [-0.39, 0.29) is 22.9 Å². The van der Waals surface area contributed by atoms with Crippen LogP contribution in [0.1, 0.15) is 30.5 Å². The number of rotatable bonds is 6. The molecule has 33 heavy (non-hydrogen) atoms. The number of esters is 1. The van der Waals surface area contributed by atoms with Crippen molar-refractivity contribution in [3.05, 3.63) is 93.0 Å².